The molecule has 1 aromatic rings. The average Bonchev–Trinajstić information content (AvgIpc) is 2.74. The number of nitrogens with zero attached hydrogens (tertiary/aromatic N) is 2. The highest BCUT2D eigenvalue weighted by Crippen LogP contribution is 2.08. The van der Waals surface area contributed by atoms with E-state index in [1.54, 1.807) is 0 Å². The van der Waals surface area contributed by atoms with E-state index in [0.717, 1.165) is 42.6 Å². The summed E-state index contributed by atoms with van der Waals surface area (Å²) in [5.74, 6) is 2.73. The van der Waals surface area contributed by atoms with Gasteiger partial charge in [-0.3, -0.25) is 4.99 Å². The molecule has 0 radical (unpaired) electrons. The molecule has 1 aliphatic rings. The van der Waals surface area contributed by atoms with Crippen molar-refractivity contribution < 1.29 is 4.42 Å². The van der Waals surface area contributed by atoms with Crippen molar-refractivity contribution in [3.8, 4) is 0 Å². The van der Waals surface area contributed by atoms with Crippen molar-refractivity contribution >= 4 is 5.84 Å². The maximum Gasteiger partial charge on any atom is 0.213 e. The molecule has 0 fully saturated rings. The SMILES string of the molecule is Cc1nc(CNC2=NCCC2)oc1C. The highest BCUT2D eigenvalue weighted by atomic mass is 16.4. The maximum atomic E-state index is 5.45. The Hall–Kier alpha value is -1.32. The van der Waals surface area contributed by atoms with E-state index in [2.05, 4.69) is 15.3 Å². The van der Waals surface area contributed by atoms with Crippen LogP contribution in [-0.4, -0.2) is 17.4 Å². The van der Waals surface area contributed by atoms with Crippen molar-refractivity contribution in [2.75, 3.05) is 6.54 Å². The Labute approximate surface area is 83.4 Å². The monoisotopic (exact) mass is 193 g/mol. The Morgan fingerprint density at radius 3 is 2.86 bits per heavy atom. The predicted octanol–water partition coefficient (Wildman–Crippen LogP) is 1.57. The lowest BCUT2D eigenvalue weighted by molar-refractivity contribution is 0.464. The van der Waals surface area contributed by atoms with Crippen LogP contribution in [0.1, 0.15) is 30.2 Å². The molecular formula is C10H15N3O. The van der Waals surface area contributed by atoms with Gasteiger partial charge in [0.2, 0.25) is 5.89 Å². The first-order valence-electron chi connectivity index (χ1n) is 4.96. The summed E-state index contributed by atoms with van der Waals surface area (Å²) in [6, 6.07) is 0. The van der Waals surface area contributed by atoms with Crippen LogP contribution in [0.4, 0.5) is 0 Å². The minimum Gasteiger partial charge on any atom is -0.444 e. The smallest absolute Gasteiger partial charge is 0.213 e. The molecule has 0 aliphatic carbocycles. The van der Waals surface area contributed by atoms with Gasteiger partial charge in [0.25, 0.3) is 0 Å². The van der Waals surface area contributed by atoms with Crippen molar-refractivity contribution in [2.45, 2.75) is 33.2 Å². The van der Waals surface area contributed by atoms with Crippen molar-refractivity contribution in [2.24, 2.45) is 4.99 Å². The maximum absolute atomic E-state index is 5.45. The number of rotatable bonds is 2. The van der Waals surface area contributed by atoms with Gasteiger partial charge in [0.05, 0.1) is 18.1 Å². The molecule has 1 aromatic heterocycles. The topological polar surface area (TPSA) is 50.4 Å². The van der Waals surface area contributed by atoms with E-state index in [0.29, 0.717) is 6.54 Å². The molecule has 1 aliphatic heterocycles. The molecule has 4 nitrogen and oxygen atoms in total. The first-order valence-corrected chi connectivity index (χ1v) is 4.96. The minimum atomic E-state index is 0.646. The highest BCUT2D eigenvalue weighted by Gasteiger charge is 2.08. The van der Waals surface area contributed by atoms with Gasteiger partial charge >= 0.3 is 0 Å². The van der Waals surface area contributed by atoms with Gasteiger partial charge in [-0.05, 0) is 20.3 Å². The molecule has 14 heavy (non-hydrogen) atoms. The van der Waals surface area contributed by atoms with E-state index in [4.69, 9.17) is 4.42 Å². The van der Waals surface area contributed by atoms with E-state index < -0.39 is 0 Å². The predicted molar refractivity (Wildman–Crippen MR) is 54.4 cm³/mol. The molecule has 4 heteroatoms. The number of hydrogen-bond acceptors (Lipinski definition) is 4. The third kappa shape index (κ3) is 1.95. The first-order chi connectivity index (χ1) is 6.75. The normalized spacial score (nSPS) is 15.7. The Bertz CT molecular complexity index is 335. The number of amidine groups is 1. The fourth-order valence-electron chi connectivity index (χ4n) is 1.48. The number of aromatic nitrogens is 1. The van der Waals surface area contributed by atoms with Crippen LogP contribution in [0.25, 0.3) is 0 Å². The Kier molecular flexibility index (Phi) is 2.52. The molecule has 0 saturated carbocycles. The van der Waals surface area contributed by atoms with E-state index in [1.807, 2.05) is 13.8 Å². The molecule has 2 heterocycles. The largest absolute Gasteiger partial charge is 0.444 e. The molecular weight excluding hydrogens is 178 g/mol. The summed E-state index contributed by atoms with van der Waals surface area (Å²) in [6.07, 6.45) is 2.21. The van der Waals surface area contributed by atoms with Crippen molar-refractivity contribution in [3.05, 3.63) is 17.3 Å². The van der Waals surface area contributed by atoms with Crippen LogP contribution in [0.15, 0.2) is 9.41 Å². The average molecular weight is 193 g/mol. The number of aryl methyl sites for hydroxylation is 2. The number of aliphatic imine (C=N–C) groups is 1. The first kappa shape index (κ1) is 9.24. The van der Waals surface area contributed by atoms with Gasteiger partial charge in [0.1, 0.15) is 5.76 Å². The third-order valence-corrected chi connectivity index (χ3v) is 2.39. The van der Waals surface area contributed by atoms with Crippen molar-refractivity contribution in [1.82, 2.24) is 10.3 Å². The third-order valence-electron chi connectivity index (χ3n) is 2.39. The van der Waals surface area contributed by atoms with Gasteiger partial charge < -0.3 is 9.73 Å². The van der Waals surface area contributed by atoms with Gasteiger partial charge in [-0.1, -0.05) is 0 Å². The summed E-state index contributed by atoms with van der Waals surface area (Å²) >= 11 is 0. The molecule has 2 rings (SSSR count). The van der Waals surface area contributed by atoms with Crippen molar-refractivity contribution in [1.29, 1.82) is 0 Å². The summed E-state index contributed by atoms with van der Waals surface area (Å²) in [7, 11) is 0. The van der Waals surface area contributed by atoms with E-state index in [1.165, 1.54) is 0 Å². The fourth-order valence-corrected chi connectivity index (χ4v) is 1.48. The molecule has 76 valence electrons. The summed E-state index contributed by atoms with van der Waals surface area (Å²) in [4.78, 5) is 8.60. The molecule has 0 amide bonds. The van der Waals surface area contributed by atoms with E-state index in [9.17, 15) is 0 Å². The Morgan fingerprint density at radius 1 is 1.43 bits per heavy atom. The van der Waals surface area contributed by atoms with Crippen LogP contribution in [0.3, 0.4) is 0 Å². The summed E-state index contributed by atoms with van der Waals surface area (Å²) in [5, 5.41) is 3.23. The van der Waals surface area contributed by atoms with Crippen LogP contribution in [-0.2, 0) is 6.54 Å². The van der Waals surface area contributed by atoms with E-state index >= 15 is 0 Å². The molecule has 0 aromatic carbocycles. The zero-order valence-corrected chi connectivity index (χ0v) is 8.63. The van der Waals surface area contributed by atoms with Crippen LogP contribution in [0.5, 0.6) is 0 Å². The Morgan fingerprint density at radius 2 is 2.29 bits per heavy atom. The van der Waals surface area contributed by atoms with E-state index in [-0.39, 0.29) is 0 Å². The van der Waals surface area contributed by atoms with Gasteiger partial charge in [-0.25, -0.2) is 4.98 Å². The van der Waals surface area contributed by atoms with Crippen LogP contribution in [0.2, 0.25) is 0 Å². The van der Waals surface area contributed by atoms with Crippen LogP contribution in [0, 0.1) is 13.8 Å². The van der Waals surface area contributed by atoms with Gasteiger partial charge in [-0.15, -0.1) is 0 Å². The second kappa shape index (κ2) is 3.82. The molecule has 0 spiro atoms. The highest BCUT2D eigenvalue weighted by molar-refractivity contribution is 5.83. The standard InChI is InChI=1S/C10H15N3O/c1-7-8(2)14-10(13-7)6-12-9-4-3-5-11-9/h3-6H2,1-2H3,(H,11,12). The van der Waals surface area contributed by atoms with Gasteiger partial charge in [-0.2, -0.15) is 0 Å². The minimum absolute atomic E-state index is 0.646. The molecule has 0 atom stereocenters. The lowest BCUT2D eigenvalue weighted by Crippen LogP contribution is -2.20. The van der Waals surface area contributed by atoms with Gasteiger partial charge in [0, 0.05) is 13.0 Å². The van der Waals surface area contributed by atoms with Crippen LogP contribution < -0.4 is 5.32 Å². The molecule has 0 unspecified atom stereocenters. The van der Waals surface area contributed by atoms with Gasteiger partial charge in [0.15, 0.2) is 0 Å². The second-order valence-corrected chi connectivity index (χ2v) is 3.53. The number of nitrogens with one attached hydrogen (secondary N) is 1. The quantitative estimate of drug-likeness (QED) is 0.775. The number of hydrogen-bond donors (Lipinski definition) is 1. The summed E-state index contributed by atoms with van der Waals surface area (Å²) < 4.78 is 5.45. The Balaban J connectivity index is 1.91. The van der Waals surface area contributed by atoms with Crippen LogP contribution >= 0.6 is 0 Å². The zero-order valence-electron chi connectivity index (χ0n) is 8.63. The fraction of sp³-hybridized carbons (Fsp3) is 0.600. The lowest BCUT2D eigenvalue weighted by atomic mass is 10.3. The number of oxazole rings is 1. The molecule has 0 saturated heterocycles. The van der Waals surface area contributed by atoms with Crippen molar-refractivity contribution in [3.63, 3.8) is 0 Å². The molecule has 1 N–H and O–H groups in total. The summed E-state index contributed by atoms with van der Waals surface area (Å²) in [5.41, 5.74) is 0.968. The second-order valence-electron chi connectivity index (χ2n) is 3.53. The molecule has 0 bridgehead atoms. The summed E-state index contributed by atoms with van der Waals surface area (Å²) in [6.45, 7) is 5.48. The zero-order chi connectivity index (χ0) is 9.97. The lowest BCUT2D eigenvalue weighted by Gasteiger charge is -2.00.